The highest BCUT2D eigenvalue weighted by Gasteiger charge is 2.10. The summed E-state index contributed by atoms with van der Waals surface area (Å²) in [5.74, 6) is -0.162. The average Bonchev–Trinajstić information content (AvgIpc) is 3.14. The second-order valence-corrected chi connectivity index (χ2v) is 6.47. The molecule has 0 unspecified atom stereocenters. The predicted molar refractivity (Wildman–Crippen MR) is 99.4 cm³/mol. The van der Waals surface area contributed by atoms with Crippen LogP contribution in [0.5, 0.6) is 5.75 Å². The summed E-state index contributed by atoms with van der Waals surface area (Å²) in [6.07, 6.45) is 0.683. The zero-order valence-corrected chi connectivity index (χ0v) is 15.0. The fourth-order valence-electron chi connectivity index (χ4n) is 2.24. The Kier molecular flexibility index (Phi) is 5.76. The molecule has 0 bridgehead atoms. The number of esters is 1. The Hall–Kier alpha value is -2.99. The molecule has 0 fully saturated rings. The highest BCUT2D eigenvalue weighted by Crippen LogP contribution is 2.24. The number of ether oxygens (including phenoxy) is 2. The normalized spacial score (nSPS) is 10.3. The third-order valence-electron chi connectivity index (χ3n) is 3.62. The molecule has 0 spiro atoms. The van der Waals surface area contributed by atoms with Crippen LogP contribution in [-0.2, 0) is 16.1 Å². The molecule has 0 saturated heterocycles. The molecule has 1 aromatic heterocycles. The number of aromatic nitrogens is 1. The number of carbonyl (C=O) groups excluding carboxylic acids is 2. The van der Waals surface area contributed by atoms with Crippen molar-refractivity contribution in [3.8, 4) is 16.3 Å². The molecule has 0 amide bonds. The molecule has 132 valence electrons. The van der Waals surface area contributed by atoms with E-state index in [4.69, 9.17) is 9.47 Å². The summed E-state index contributed by atoms with van der Waals surface area (Å²) in [4.78, 5) is 27.2. The zero-order valence-electron chi connectivity index (χ0n) is 14.2. The number of hydrogen-bond donors (Lipinski definition) is 0. The molecule has 2 aromatic carbocycles. The van der Waals surface area contributed by atoms with Crippen molar-refractivity contribution in [2.45, 2.75) is 13.5 Å². The Labute approximate surface area is 155 Å². The largest absolute Gasteiger partial charge is 0.481 e. The Morgan fingerprint density at radius 3 is 2.69 bits per heavy atom. The van der Waals surface area contributed by atoms with Crippen LogP contribution in [-0.4, -0.2) is 23.8 Å². The number of hydrogen-bond acceptors (Lipinski definition) is 6. The zero-order chi connectivity index (χ0) is 18.4. The van der Waals surface area contributed by atoms with E-state index in [9.17, 15) is 9.59 Å². The third-order valence-corrected chi connectivity index (χ3v) is 4.56. The number of rotatable bonds is 7. The third kappa shape index (κ3) is 4.55. The Bertz CT molecular complexity index is 902. The highest BCUT2D eigenvalue weighted by molar-refractivity contribution is 7.13. The van der Waals surface area contributed by atoms with Crippen molar-refractivity contribution in [3.05, 3.63) is 70.7 Å². The van der Waals surface area contributed by atoms with Gasteiger partial charge in [-0.1, -0.05) is 42.0 Å². The summed E-state index contributed by atoms with van der Waals surface area (Å²) < 4.78 is 10.5. The van der Waals surface area contributed by atoms with E-state index in [0.717, 1.165) is 10.6 Å². The van der Waals surface area contributed by atoms with E-state index < -0.39 is 5.97 Å². The summed E-state index contributed by atoms with van der Waals surface area (Å²) in [6, 6.07) is 14.8. The van der Waals surface area contributed by atoms with Crippen LogP contribution in [0.1, 0.15) is 21.6 Å². The maximum Gasteiger partial charge on any atom is 0.344 e. The van der Waals surface area contributed by atoms with Gasteiger partial charge in [0.05, 0.1) is 11.3 Å². The highest BCUT2D eigenvalue weighted by atomic mass is 32.1. The summed E-state index contributed by atoms with van der Waals surface area (Å²) >= 11 is 1.50. The van der Waals surface area contributed by atoms with Gasteiger partial charge in [-0.15, -0.1) is 11.3 Å². The average molecular weight is 367 g/mol. The summed E-state index contributed by atoms with van der Waals surface area (Å²) in [7, 11) is 0. The van der Waals surface area contributed by atoms with E-state index in [1.165, 1.54) is 16.9 Å². The Morgan fingerprint density at radius 1 is 1.15 bits per heavy atom. The van der Waals surface area contributed by atoms with Gasteiger partial charge in [0, 0.05) is 10.9 Å². The first-order valence-electron chi connectivity index (χ1n) is 8.00. The molecular weight excluding hydrogens is 350 g/mol. The maximum absolute atomic E-state index is 11.8. The first kappa shape index (κ1) is 17.8. The van der Waals surface area contributed by atoms with Gasteiger partial charge in [0.1, 0.15) is 17.4 Å². The molecule has 0 aliphatic carbocycles. The van der Waals surface area contributed by atoms with Crippen molar-refractivity contribution in [1.82, 2.24) is 4.98 Å². The molecule has 5 nitrogen and oxygen atoms in total. The van der Waals surface area contributed by atoms with Gasteiger partial charge in [-0.05, 0) is 19.1 Å². The quantitative estimate of drug-likeness (QED) is 0.465. The molecule has 0 aliphatic rings. The van der Waals surface area contributed by atoms with Gasteiger partial charge in [-0.3, -0.25) is 4.79 Å². The number of aldehydes is 1. The molecular formula is C20H17NO4S. The SMILES string of the molecule is Cc1ccc(-c2nc(COC(=O)COc3ccccc3C=O)cs2)cc1. The van der Waals surface area contributed by atoms with E-state index in [1.54, 1.807) is 24.3 Å². The number of thiazole rings is 1. The molecule has 0 aliphatic heterocycles. The second-order valence-electron chi connectivity index (χ2n) is 5.62. The van der Waals surface area contributed by atoms with Crippen LogP contribution in [0.15, 0.2) is 53.9 Å². The number of para-hydroxylation sites is 1. The van der Waals surface area contributed by atoms with Crippen molar-refractivity contribution in [2.24, 2.45) is 0 Å². The smallest absolute Gasteiger partial charge is 0.344 e. The van der Waals surface area contributed by atoms with Crippen molar-refractivity contribution < 1.29 is 19.1 Å². The number of aryl methyl sites for hydroxylation is 1. The van der Waals surface area contributed by atoms with Gasteiger partial charge in [0.2, 0.25) is 0 Å². The molecule has 0 radical (unpaired) electrons. The summed E-state index contributed by atoms with van der Waals surface area (Å²) in [5.41, 5.74) is 3.30. The number of benzene rings is 2. The van der Waals surface area contributed by atoms with Crippen LogP contribution in [0.3, 0.4) is 0 Å². The van der Waals surface area contributed by atoms with E-state index in [1.807, 2.05) is 36.6 Å². The molecule has 1 heterocycles. The van der Waals surface area contributed by atoms with Crippen LogP contribution < -0.4 is 4.74 Å². The van der Waals surface area contributed by atoms with Crippen LogP contribution in [0.4, 0.5) is 0 Å². The molecule has 26 heavy (non-hydrogen) atoms. The van der Waals surface area contributed by atoms with Gasteiger partial charge < -0.3 is 9.47 Å². The van der Waals surface area contributed by atoms with E-state index in [2.05, 4.69) is 4.98 Å². The molecule has 0 atom stereocenters. The molecule has 0 saturated carbocycles. The van der Waals surface area contributed by atoms with Crippen molar-refractivity contribution in [3.63, 3.8) is 0 Å². The summed E-state index contributed by atoms with van der Waals surface area (Å²) in [5, 5.41) is 2.75. The van der Waals surface area contributed by atoms with Gasteiger partial charge in [-0.2, -0.15) is 0 Å². The lowest BCUT2D eigenvalue weighted by Crippen LogP contribution is -2.15. The minimum atomic E-state index is -0.518. The lowest BCUT2D eigenvalue weighted by Gasteiger charge is -2.07. The fourth-order valence-corrected chi connectivity index (χ4v) is 3.05. The minimum absolute atomic E-state index is 0.0832. The van der Waals surface area contributed by atoms with Crippen molar-refractivity contribution in [2.75, 3.05) is 6.61 Å². The van der Waals surface area contributed by atoms with Crippen LogP contribution in [0, 0.1) is 6.92 Å². The first-order chi connectivity index (χ1) is 12.7. The topological polar surface area (TPSA) is 65.5 Å². The lowest BCUT2D eigenvalue weighted by molar-refractivity contribution is -0.147. The number of nitrogens with zero attached hydrogens (tertiary/aromatic N) is 1. The maximum atomic E-state index is 11.8. The van der Waals surface area contributed by atoms with Gasteiger partial charge in [0.25, 0.3) is 0 Å². The van der Waals surface area contributed by atoms with Crippen molar-refractivity contribution in [1.29, 1.82) is 0 Å². The van der Waals surface area contributed by atoms with Gasteiger partial charge in [0.15, 0.2) is 12.9 Å². The summed E-state index contributed by atoms with van der Waals surface area (Å²) in [6.45, 7) is 1.85. The standard InChI is InChI=1S/C20H17NO4S/c1-14-6-8-15(9-7-14)20-21-17(13-26-20)11-25-19(23)12-24-18-5-3-2-4-16(18)10-22/h2-10,13H,11-12H2,1H3. The predicted octanol–water partition coefficient (Wildman–Crippen LogP) is 4.05. The number of carbonyl (C=O) groups is 2. The van der Waals surface area contributed by atoms with Gasteiger partial charge in [-0.25, -0.2) is 9.78 Å². The Balaban J connectivity index is 1.52. The Morgan fingerprint density at radius 2 is 1.92 bits per heavy atom. The van der Waals surface area contributed by atoms with E-state index in [-0.39, 0.29) is 13.2 Å². The van der Waals surface area contributed by atoms with Crippen molar-refractivity contribution >= 4 is 23.6 Å². The lowest BCUT2D eigenvalue weighted by atomic mass is 10.2. The molecule has 3 rings (SSSR count). The van der Waals surface area contributed by atoms with Crippen LogP contribution in [0.2, 0.25) is 0 Å². The van der Waals surface area contributed by atoms with Crippen LogP contribution in [0.25, 0.3) is 10.6 Å². The van der Waals surface area contributed by atoms with Gasteiger partial charge >= 0.3 is 5.97 Å². The van der Waals surface area contributed by atoms with E-state index >= 15 is 0 Å². The second kappa shape index (κ2) is 8.40. The monoisotopic (exact) mass is 367 g/mol. The minimum Gasteiger partial charge on any atom is -0.481 e. The first-order valence-corrected chi connectivity index (χ1v) is 8.88. The molecule has 6 heteroatoms. The van der Waals surface area contributed by atoms with Crippen LogP contribution >= 0.6 is 11.3 Å². The fraction of sp³-hybridized carbons (Fsp3) is 0.150. The molecule has 3 aromatic rings. The van der Waals surface area contributed by atoms with E-state index in [0.29, 0.717) is 23.3 Å². The molecule has 0 N–H and O–H groups in total.